The Balaban J connectivity index is 2.69. The summed E-state index contributed by atoms with van der Waals surface area (Å²) in [4.78, 5) is 0. The summed E-state index contributed by atoms with van der Waals surface area (Å²) in [6.45, 7) is 7.88. The third-order valence-electron chi connectivity index (χ3n) is 2.78. The van der Waals surface area contributed by atoms with Crippen molar-refractivity contribution in [2.45, 2.75) is 45.9 Å². The van der Waals surface area contributed by atoms with Gasteiger partial charge in [0.05, 0.1) is 6.10 Å². The minimum absolute atomic E-state index is 0.152. The highest BCUT2D eigenvalue weighted by Gasteiger charge is 2.09. The summed E-state index contributed by atoms with van der Waals surface area (Å²) in [6, 6.07) is 6.59. The molecule has 0 fully saturated rings. The van der Waals surface area contributed by atoms with Gasteiger partial charge in [-0.3, -0.25) is 0 Å². The van der Waals surface area contributed by atoms with Gasteiger partial charge in [-0.05, 0) is 25.1 Å². The number of ether oxygens (including phenoxy) is 2. The molecule has 1 unspecified atom stereocenters. The molecule has 0 aliphatic carbocycles. The van der Waals surface area contributed by atoms with Crippen molar-refractivity contribution >= 4 is 15.9 Å². The van der Waals surface area contributed by atoms with Crippen molar-refractivity contribution in [1.29, 1.82) is 0 Å². The van der Waals surface area contributed by atoms with Crippen molar-refractivity contribution in [2.75, 3.05) is 13.7 Å². The van der Waals surface area contributed by atoms with Crippen LogP contribution in [0, 0.1) is 0 Å². The van der Waals surface area contributed by atoms with Crippen molar-refractivity contribution in [3.63, 3.8) is 0 Å². The van der Waals surface area contributed by atoms with E-state index in [9.17, 15) is 0 Å². The quantitative estimate of drug-likeness (QED) is 0.787. The van der Waals surface area contributed by atoms with Crippen LogP contribution in [-0.2, 0) is 11.3 Å². The first kappa shape index (κ1) is 16.5. The topological polar surface area (TPSA) is 30.5 Å². The molecule has 0 saturated heterocycles. The van der Waals surface area contributed by atoms with Crippen LogP contribution in [0.2, 0.25) is 0 Å². The Morgan fingerprint density at radius 3 is 2.63 bits per heavy atom. The second-order valence-corrected chi connectivity index (χ2v) is 5.91. The zero-order valence-corrected chi connectivity index (χ0v) is 13.8. The predicted octanol–water partition coefficient (Wildman–Crippen LogP) is 3.75. The standard InChI is InChI=1S/C15H24BrNO2/c1-11(2)17-10-13-9-14(16)5-6-15(13)19-12(3)7-8-18-4/h5-6,9,11-12,17H,7-8,10H2,1-4H3. The number of nitrogens with one attached hydrogen (secondary N) is 1. The van der Waals surface area contributed by atoms with Gasteiger partial charge in [-0.25, -0.2) is 0 Å². The van der Waals surface area contributed by atoms with E-state index in [4.69, 9.17) is 9.47 Å². The average Bonchev–Trinajstić information content (AvgIpc) is 2.36. The van der Waals surface area contributed by atoms with Crippen LogP contribution in [-0.4, -0.2) is 25.9 Å². The maximum atomic E-state index is 5.99. The molecule has 0 aliphatic rings. The predicted molar refractivity (Wildman–Crippen MR) is 82.7 cm³/mol. The zero-order chi connectivity index (χ0) is 14.3. The van der Waals surface area contributed by atoms with E-state index in [2.05, 4.69) is 48.1 Å². The molecule has 19 heavy (non-hydrogen) atoms. The molecular formula is C15H24BrNO2. The van der Waals surface area contributed by atoms with Crippen molar-refractivity contribution in [2.24, 2.45) is 0 Å². The lowest BCUT2D eigenvalue weighted by Crippen LogP contribution is -2.23. The maximum Gasteiger partial charge on any atom is 0.124 e. The molecule has 0 spiro atoms. The Kier molecular flexibility index (Phi) is 7.42. The second kappa shape index (κ2) is 8.56. The molecule has 0 amide bonds. The fourth-order valence-corrected chi connectivity index (χ4v) is 2.08. The van der Waals surface area contributed by atoms with E-state index in [0.717, 1.165) is 29.8 Å². The van der Waals surface area contributed by atoms with Gasteiger partial charge < -0.3 is 14.8 Å². The Morgan fingerprint density at radius 2 is 2.00 bits per heavy atom. The van der Waals surface area contributed by atoms with E-state index in [1.807, 2.05) is 12.1 Å². The minimum Gasteiger partial charge on any atom is -0.490 e. The summed E-state index contributed by atoms with van der Waals surface area (Å²) >= 11 is 3.51. The summed E-state index contributed by atoms with van der Waals surface area (Å²) in [5, 5.41) is 3.42. The van der Waals surface area contributed by atoms with E-state index in [1.54, 1.807) is 7.11 Å². The van der Waals surface area contributed by atoms with Crippen LogP contribution < -0.4 is 10.1 Å². The SMILES string of the molecule is COCCC(C)Oc1ccc(Br)cc1CNC(C)C. The molecular weight excluding hydrogens is 306 g/mol. The molecule has 0 aromatic heterocycles. The molecule has 4 heteroatoms. The molecule has 1 aromatic rings. The smallest absolute Gasteiger partial charge is 0.124 e. The molecule has 0 bridgehead atoms. The van der Waals surface area contributed by atoms with Crippen LogP contribution in [0.15, 0.2) is 22.7 Å². The number of benzene rings is 1. The fraction of sp³-hybridized carbons (Fsp3) is 0.600. The lowest BCUT2D eigenvalue weighted by molar-refractivity contribution is 0.134. The third-order valence-corrected chi connectivity index (χ3v) is 3.27. The summed E-state index contributed by atoms with van der Waals surface area (Å²) < 4.78 is 12.1. The summed E-state index contributed by atoms with van der Waals surface area (Å²) in [5.74, 6) is 0.944. The Morgan fingerprint density at radius 1 is 1.26 bits per heavy atom. The number of methoxy groups -OCH3 is 1. The molecule has 108 valence electrons. The van der Waals surface area contributed by atoms with Crippen molar-refractivity contribution in [3.05, 3.63) is 28.2 Å². The molecule has 0 radical (unpaired) electrons. The molecule has 0 aliphatic heterocycles. The first-order chi connectivity index (χ1) is 9.02. The Bertz CT molecular complexity index is 382. The van der Waals surface area contributed by atoms with Gasteiger partial charge in [-0.2, -0.15) is 0 Å². The van der Waals surface area contributed by atoms with Crippen molar-refractivity contribution in [1.82, 2.24) is 5.32 Å². The van der Waals surface area contributed by atoms with Gasteiger partial charge in [0.1, 0.15) is 5.75 Å². The van der Waals surface area contributed by atoms with Gasteiger partial charge in [0.15, 0.2) is 0 Å². The highest BCUT2D eigenvalue weighted by molar-refractivity contribution is 9.10. The van der Waals surface area contributed by atoms with Gasteiger partial charge in [0.2, 0.25) is 0 Å². The highest BCUT2D eigenvalue weighted by atomic mass is 79.9. The van der Waals surface area contributed by atoms with Gasteiger partial charge in [0.25, 0.3) is 0 Å². The molecule has 1 aromatic carbocycles. The number of hydrogen-bond donors (Lipinski definition) is 1. The van der Waals surface area contributed by atoms with E-state index < -0.39 is 0 Å². The minimum atomic E-state index is 0.152. The first-order valence-electron chi connectivity index (χ1n) is 6.70. The molecule has 1 atom stereocenters. The summed E-state index contributed by atoms with van der Waals surface area (Å²) in [7, 11) is 1.71. The molecule has 1 N–H and O–H groups in total. The molecule has 0 heterocycles. The van der Waals surface area contributed by atoms with Gasteiger partial charge >= 0.3 is 0 Å². The van der Waals surface area contributed by atoms with Crippen LogP contribution in [0.3, 0.4) is 0 Å². The third kappa shape index (κ3) is 6.41. The number of halogens is 1. The fourth-order valence-electron chi connectivity index (χ4n) is 1.67. The first-order valence-corrected chi connectivity index (χ1v) is 7.49. The Labute approximate surface area is 124 Å². The van der Waals surface area contributed by atoms with Crippen LogP contribution in [0.4, 0.5) is 0 Å². The molecule has 0 saturated carbocycles. The van der Waals surface area contributed by atoms with Crippen LogP contribution in [0.1, 0.15) is 32.8 Å². The van der Waals surface area contributed by atoms with E-state index >= 15 is 0 Å². The second-order valence-electron chi connectivity index (χ2n) is 5.00. The lowest BCUT2D eigenvalue weighted by Gasteiger charge is -2.18. The zero-order valence-electron chi connectivity index (χ0n) is 12.2. The number of rotatable bonds is 8. The molecule has 1 rings (SSSR count). The summed E-state index contributed by atoms with van der Waals surface area (Å²) in [6.07, 6.45) is 1.04. The van der Waals surface area contributed by atoms with E-state index in [-0.39, 0.29) is 6.10 Å². The largest absolute Gasteiger partial charge is 0.490 e. The van der Waals surface area contributed by atoms with Crippen molar-refractivity contribution < 1.29 is 9.47 Å². The van der Waals surface area contributed by atoms with Gasteiger partial charge in [-0.1, -0.05) is 29.8 Å². The normalized spacial score (nSPS) is 12.7. The monoisotopic (exact) mass is 329 g/mol. The van der Waals surface area contributed by atoms with E-state index in [0.29, 0.717) is 6.04 Å². The Hall–Kier alpha value is -0.580. The number of hydrogen-bond acceptors (Lipinski definition) is 3. The van der Waals surface area contributed by atoms with Crippen LogP contribution in [0.5, 0.6) is 5.75 Å². The average molecular weight is 330 g/mol. The highest BCUT2D eigenvalue weighted by Crippen LogP contribution is 2.24. The van der Waals surface area contributed by atoms with Gasteiger partial charge in [-0.15, -0.1) is 0 Å². The van der Waals surface area contributed by atoms with Crippen LogP contribution in [0.25, 0.3) is 0 Å². The van der Waals surface area contributed by atoms with Crippen LogP contribution >= 0.6 is 15.9 Å². The van der Waals surface area contributed by atoms with Crippen molar-refractivity contribution in [3.8, 4) is 5.75 Å². The summed E-state index contributed by atoms with van der Waals surface area (Å²) in [5.41, 5.74) is 1.17. The van der Waals surface area contributed by atoms with Gasteiger partial charge in [0, 0.05) is 42.8 Å². The van der Waals surface area contributed by atoms with E-state index in [1.165, 1.54) is 5.56 Å². The maximum absolute atomic E-state index is 5.99. The lowest BCUT2D eigenvalue weighted by atomic mass is 10.2. The molecule has 3 nitrogen and oxygen atoms in total.